The summed E-state index contributed by atoms with van der Waals surface area (Å²) in [7, 11) is 0. The van der Waals surface area contributed by atoms with E-state index in [2.05, 4.69) is 9.97 Å². The van der Waals surface area contributed by atoms with Gasteiger partial charge < -0.3 is 4.42 Å². The number of halogens is 1. The van der Waals surface area contributed by atoms with Crippen LogP contribution in [0.2, 0.25) is 0 Å². The predicted octanol–water partition coefficient (Wildman–Crippen LogP) is 2.75. The second kappa shape index (κ2) is 3.81. The van der Waals surface area contributed by atoms with Gasteiger partial charge in [0.05, 0.1) is 6.26 Å². The van der Waals surface area contributed by atoms with Crippen LogP contribution in [0.25, 0.3) is 11.6 Å². The Morgan fingerprint density at radius 2 is 2.20 bits per heavy atom. The lowest BCUT2D eigenvalue weighted by Crippen LogP contribution is -1.97. The van der Waals surface area contributed by atoms with E-state index in [1.807, 2.05) is 13.8 Å². The minimum atomic E-state index is -0.521. The summed E-state index contributed by atoms with van der Waals surface area (Å²) >= 11 is 0. The summed E-state index contributed by atoms with van der Waals surface area (Å²) in [6.07, 6.45) is 2.22. The van der Waals surface area contributed by atoms with Crippen LogP contribution in [0.1, 0.15) is 18.2 Å². The van der Waals surface area contributed by atoms with Gasteiger partial charge in [-0.1, -0.05) is 6.92 Å². The highest BCUT2D eigenvalue weighted by Crippen LogP contribution is 2.21. The van der Waals surface area contributed by atoms with Crippen molar-refractivity contribution >= 4 is 0 Å². The largest absolute Gasteiger partial charge is 0.461 e. The van der Waals surface area contributed by atoms with Crippen LogP contribution in [0, 0.1) is 12.9 Å². The van der Waals surface area contributed by atoms with Crippen LogP contribution in [0.15, 0.2) is 22.8 Å². The smallest absolute Gasteiger partial charge is 0.216 e. The Balaban J connectivity index is 2.53. The van der Waals surface area contributed by atoms with Crippen LogP contribution in [0.4, 0.5) is 4.39 Å². The molecule has 0 N–H and O–H groups in total. The molecule has 0 radical (unpaired) electrons. The van der Waals surface area contributed by atoms with E-state index in [9.17, 15) is 4.39 Å². The van der Waals surface area contributed by atoms with Crippen molar-refractivity contribution in [1.29, 1.82) is 0 Å². The van der Waals surface area contributed by atoms with Crippen molar-refractivity contribution in [2.45, 2.75) is 20.3 Å². The molecule has 0 spiro atoms. The topological polar surface area (TPSA) is 38.9 Å². The van der Waals surface area contributed by atoms with Crippen LogP contribution >= 0.6 is 0 Å². The lowest BCUT2D eigenvalue weighted by Gasteiger charge is -2.00. The Bertz CT molecular complexity index is 479. The first kappa shape index (κ1) is 9.83. The maximum absolute atomic E-state index is 13.1. The van der Waals surface area contributed by atoms with Gasteiger partial charge >= 0.3 is 0 Å². The molecule has 2 aromatic rings. The summed E-state index contributed by atoms with van der Waals surface area (Å²) in [6.45, 7) is 3.79. The summed E-state index contributed by atoms with van der Waals surface area (Å²) in [5, 5.41) is 0. The molecule has 0 fully saturated rings. The van der Waals surface area contributed by atoms with Gasteiger partial charge in [0.1, 0.15) is 0 Å². The maximum Gasteiger partial charge on any atom is 0.216 e. The third kappa shape index (κ3) is 1.88. The fraction of sp³-hybridized carbons (Fsp3) is 0.273. The number of aryl methyl sites for hydroxylation is 2. The minimum Gasteiger partial charge on any atom is -0.461 e. The third-order valence-electron chi connectivity index (χ3n) is 2.18. The van der Waals surface area contributed by atoms with Crippen LogP contribution in [-0.2, 0) is 6.42 Å². The standard InChI is InChI=1S/C11H11FN2O/c1-3-8-6-9(12)14-11(13-8)10-7(2)4-5-15-10/h4-6H,3H2,1-2H3. The third-order valence-corrected chi connectivity index (χ3v) is 2.18. The van der Waals surface area contributed by atoms with Gasteiger partial charge in [0.25, 0.3) is 0 Å². The SMILES string of the molecule is CCc1cc(F)nc(-c2occc2C)n1. The highest BCUT2D eigenvalue weighted by Gasteiger charge is 2.11. The Morgan fingerprint density at radius 3 is 2.80 bits per heavy atom. The Labute approximate surface area is 87.0 Å². The molecule has 4 heteroatoms. The number of hydrogen-bond donors (Lipinski definition) is 0. The van der Waals surface area contributed by atoms with E-state index in [1.54, 1.807) is 12.3 Å². The first-order chi connectivity index (χ1) is 7.20. The molecule has 15 heavy (non-hydrogen) atoms. The van der Waals surface area contributed by atoms with E-state index in [4.69, 9.17) is 4.42 Å². The van der Waals surface area contributed by atoms with E-state index in [1.165, 1.54) is 6.07 Å². The molecule has 78 valence electrons. The van der Waals surface area contributed by atoms with Gasteiger partial charge in [0.2, 0.25) is 5.95 Å². The van der Waals surface area contributed by atoms with Crippen molar-refractivity contribution in [2.75, 3.05) is 0 Å². The molecule has 2 rings (SSSR count). The molecule has 2 aromatic heterocycles. The minimum absolute atomic E-state index is 0.314. The highest BCUT2D eigenvalue weighted by molar-refractivity contribution is 5.51. The molecule has 0 amide bonds. The second-order valence-electron chi connectivity index (χ2n) is 3.29. The van der Waals surface area contributed by atoms with Crippen LogP contribution < -0.4 is 0 Å². The molecule has 0 atom stereocenters. The van der Waals surface area contributed by atoms with E-state index >= 15 is 0 Å². The maximum atomic E-state index is 13.1. The van der Waals surface area contributed by atoms with Gasteiger partial charge in [-0.2, -0.15) is 9.37 Å². The summed E-state index contributed by atoms with van der Waals surface area (Å²) in [4.78, 5) is 7.92. The number of rotatable bonds is 2. The number of hydrogen-bond acceptors (Lipinski definition) is 3. The lowest BCUT2D eigenvalue weighted by molar-refractivity contribution is 0.554. The second-order valence-corrected chi connectivity index (χ2v) is 3.29. The lowest BCUT2D eigenvalue weighted by atomic mass is 10.2. The highest BCUT2D eigenvalue weighted by atomic mass is 19.1. The number of furan rings is 1. The molecule has 0 unspecified atom stereocenters. The molecule has 0 aromatic carbocycles. The van der Waals surface area contributed by atoms with Crippen molar-refractivity contribution in [1.82, 2.24) is 9.97 Å². The zero-order chi connectivity index (χ0) is 10.8. The Kier molecular flexibility index (Phi) is 2.49. The Morgan fingerprint density at radius 1 is 1.40 bits per heavy atom. The van der Waals surface area contributed by atoms with Crippen molar-refractivity contribution in [3.8, 4) is 11.6 Å². The summed E-state index contributed by atoms with van der Waals surface area (Å²) < 4.78 is 18.4. The molecule has 0 aliphatic rings. The van der Waals surface area contributed by atoms with E-state index in [0.29, 0.717) is 23.7 Å². The van der Waals surface area contributed by atoms with Crippen LogP contribution in [-0.4, -0.2) is 9.97 Å². The average Bonchev–Trinajstić information content (AvgIpc) is 2.63. The normalized spacial score (nSPS) is 10.6. The van der Waals surface area contributed by atoms with Crippen molar-refractivity contribution in [2.24, 2.45) is 0 Å². The fourth-order valence-corrected chi connectivity index (χ4v) is 1.35. The molecule has 3 nitrogen and oxygen atoms in total. The average molecular weight is 206 g/mol. The van der Waals surface area contributed by atoms with Crippen LogP contribution in [0.5, 0.6) is 0 Å². The molecule has 0 saturated heterocycles. The molecular weight excluding hydrogens is 195 g/mol. The van der Waals surface area contributed by atoms with Crippen molar-refractivity contribution in [3.63, 3.8) is 0 Å². The van der Waals surface area contributed by atoms with Crippen molar-refractivity contribution in [3.05, 3.63) is 35.6 Å². The van der Waals surface area contributed by atoms with Gasteiger partial charge in [-0.05, 0) is 25.0 Å². The van der Waals surface area contributed by atoms with Gasteiger partial charge in [-0.3, -0.25) is 0 Å². The van der Waals surface area contributed by atoms with E-state index < -0.39 is 5.95 Å². The summed E-state index contributed by atoms with van der Waals surface area (Å²) in [5.41, 5.74) is 1.58. The Hall–Kier alpha value is -1.71. The zero-order valence-electron chi connectivity index (χ0n) is 8.62. The van der Waals surface area contributed by atoms with E-state index in [0.717, 1.165) is 5.56 Å². The van der Waals surface area contributed by atoms with Gasteiger partial charge in [0, 0.05) is 11.8 Å². The van der Waals surface area contributed by atoms with Gasteiger partial charge in [0.15, 0.2) is 11.6 Å². The molecular formula is C11H11FN2O. The van der Waals surface area contributed by atoms with Gasteiger partial charge in [-0.15, -0.1) is 0 Å². The van der Waals surface area contributed by atoms with Crippen LogP contribution in [0.3, 0.4) is 0 Å². The number of nitrogens with zero attached hydrogens (tertiary/aromatic N) is 2. The summed E-state index contributed by atoms with van der Waals surface area (Å²) in [6, 6.07) is 3.14. The first-order valence-electron chi connectivity index (χ1n) is 4.78. The monoisotopic (exact) mass is 206 g/mol. The molecule has 2 heterocycles. The summed E-state index contributed by atoms with van der Waals surface area (Å²) in [5.74, 6) is 0.325. The van der Waals surface area contributed by atoms with Crippen molar-refractivity contribution < 1.29 is 8.81 Å². The fourth-order valence-electron chi connectivity index (χ4n) is 1.35. The zero-order valence-corrected chi connectivity index (χ0v) is 8.62. The quantitative estimate of drug-likeness (QED) is 0.709. The number of aromatic nitrogens is 2. The van der Waals surface area contributed by atoms with E-state index in [-0.39, 0.29) is 0 Å². The molecule has 0 aliphatic carbocycles. The molecule has 0 bridgehead atoms. The predicted molar refractivity (Wildman–Crippen MR) is 53.8 cm³/mol. The molecule has 0 saturated carbocycles. The van der Waals surface area contributed by atoms with Gasteiger partial charge in [-0.25, -0.2) is 4.98 Å². The molecule has 0 aliphatic heterocycles. The first-order valence-corrected chi connectivity index (χ1v) is 4.78.